The fourth-order valence-corrected chi connectivity index (χ4v) is 3.92. The molecule has 0 bridgehead atoms. The van der Waals surface area contributed by atoms with E-state index in [0.717, 1.165) is 6.54 Å². The van der Waals surface area contributed by atoms with Crippen LogP contribution in [0.5, 0.6) is 0 Å². The summed E-state index contributed by atoms with van der Waals surface area (Å²) in [5.74, 6) is 0. The average Bonchev–Trinajstić information content (AvgIpc) is 2.95. The van der Waals surface area contributed by atoms with Gasteiger partial charge in [0.15, 0.2) is 0 Å². The van der Waals surface area contributed by atoms with Crippen LogP contribution in [0.1, 0.15) is 51.5 Å². The van der Waals surface area contributed by atoms with Gasteiger partial charge in [0.05, 0.1) is 0 Å². The first kappa shape index (κ1) is 14.1. The van der Waals surface area contributed by atoms with Crippen molar-refractivity contribution in [2.75, 3.05) is 13.1 Å². The van der Waals surface area contributed by atoms with E-state index in [4.69, 9.17) is 0 Å². The maximum atomic E-state index is 3.85. The lowest BCUT2D eigenvalue weighted by molar-refractivity contribution is 0.00533. The van der Waals surface area contributed by atoms with Gasteiger partial charge >= 0.3 is 0 Å². The van der Waals surface area contributed by atoms with Gasteiger partial charge in [-0.15, -0.1) is 0 Å². The third-order valence-electron chi connectivity index (χ3n) is 5.59. The van der Waals surface area contributed by atoms with E-state index in [-0.39, 0.29) is 5.54 Å². The second-order valence-corrected chi connectivity index (χ2v) is 7.04. The van der Waals surface area contributed by atoms with Gasteiger partial charge in [0.1, 0.15) is 0 Å². The normalized spacial score (nSPS) is 29.9. The highest BCUT2D eigenvalue weighted by atomic mass is 15.3. The Morgan fingerprint density at radius 1 is 1.15 bits per heavy atom. The second-order valence-electron chi connectivity index (χ2n) is 7.04. The number of nitrogens with one attached hydrogen (secondary N) is 1. The van der Waals surface area contributed by atoms with E-state index in [0.29, 0.717) is 5.54 Å². The first-order valence-electron chi connectivity index (χ1n) is 8.20. The zero-order chi connectivity index (χ0) is 14.1. The van der Waals surface area contributed by atoms with Crippen LogP contribution in [0.2, 0.25) is 0 Å². The topological polar surface area (TPSA) is 15.3 Å². The Balaban J connectivity index is 1.81. The minimum Gasteiger partial charge on any atom is -0.308 e. The summed E-state index contributed by atoms with van der Waals surface area (Å²) in [6.07, 6.45) is 6.74. The van der Waals surface area contributed by atoms with Gasteiger partial charge in [0, 0.05) is 30.7 Å². The third kappa shape index (κ3) is 2.64. The zero-order valence-corrected chi connectivity index (χ0v) is 13.0. The van der Waals surface area contributed by atoms with E-state index >= 15 is 0 Å². The van der Waals surface area contributed by atoms with Crippen LogP contribution in [0.4, 0.5) is 0 Å². The van der Waals surface area contributed by atoms with Crippen molar-refractivity contribution in [3.05, 3.63) is 35.9 Å². The molecular formula is C18H28N2. The summed E-state index contributed by atoms with van der Waals surface area (Å²) in [5, 5.41) is 3.85. The second kappa shape index (κ2) is 5.50. The van der Waals surface area contributed by atoms with Crippen LogP contribution < -0.4 is 5.32 Å². The van der Waals surface area contributed by atoms with Gasteiger partial charge in [0.2, 0.25) is 0 Å². The molecule has 1 aromatic carbocycles. The molecule has 1 heterocycles. The minimum atomic E-state index is 0.280. The van der Waals surface area contributed by atoms with E-state index in [1.165, 1.54) is 50.8 Å². The zero-order valence-electron chi connectivity index (χ0n) is 13.0. The van der Waals surface area contributed by atoms with Crippen molar-refractivity contribution >= 4 is 0 Å². The van der Waals surface area contributed by atoms with Gasteiger partial charge in [-0.25, -0.2) is 0 Å². The van der Waals surface area contributed by atoms with Crippen molar-refractivity contribution in [3.63, 3.8) is 0 Å². The van der Waals surface area contributed by atoms with Crippen molar-refractivity contribution in [1.29, 1.82) is 0 Å². The molecule has 2 nitrogen and oxygen atoms in total. The number of nitrogens with zero attached hydrogens (tertiary/aromatic N) is 1. The lowest BCUT2D eigenvalue weighted by Crippen LogP contribution is -2.67. The molecular weight excluding hydrogens is 244 g/mol. The predicted molar refractivity (Wildman–Crippen MR) is 84.7 cm³/mol. The van der Waals surface area contributed by atoms with E-state index < -0.39 is 0 Å². The Kier molecular flexibility index (Phi) is 3.87. The van der Waals surface area contributed by atoms with Gasteiger partial charge in [-0.05, 0) is 31.7 Å². The molecule has 110 valence electrons. The Morgan fingerprint density at radius 2 is 1.85 bits per heavy atom. The van der Waals surface area contributed by atoms with E-state index in [9.17, 15) is 0 Å². The summed E-state index contributed by atoms with van der Waals surface area (Å²) in [6, 6.07) is 11.0. The van der Waals surface area contributed by atoms with Crippen LogP contribution in [-0.4, -0.2) is 29.1 Å². The molecule has 1 N–H and O–H groups in total. The molecule has 1 aliphatic heterocycles. The van der Waals surface area contributed by atoms with E-state index in [1.54, 1.807) is 0 Å². The van der Waals surface area contributed by atoms with Crippen LogP contribution in [0.25, 0.3) is 0 Å². The van der Waals surface area contributed by atoms with Crippen LogP contribution in [0, 0.1) is 0 Å². The van der Waals surface area contributed by atoms with Crippen LogP contribution in [0.3, 0.4) is 0 Å². The summed E-state index contributed by atoms with van der Waals surface area (Å²) in [7, 11) is 0. The van der Waals surface area contributed by atoms with Gasteiger partial charge in [-0.2, -0.15) is 0 Å². The molecule has 2 aliphatic rings. The maximum absolute atomic E-state index is 3.85. The first-order chi connectivity index (χ1) is 9.66. The summed E-state index contributed by atoms with van der Waals surface area (Å²) in [5.41, 5.74) is 2.16. The van der Waals surface area contributed by atoms with Gasteiger partial charge in [-0.3, -0.25) is 4.90 Å². The van der Waals surface area contributed by atoms with Crippen LogP contribution in [0.15, 0.2) is 30.3 Å². The fourth-order valence-electron chi connectivity index (χ4n) is 3.92. The van der Waals surface area contributed by atoms with Crippen molar-refractivity contribution in [2.45, 2.75) is 63.6 Å². The molecule has 0 amide bonds. The van der Waals surface area contributed by atoms with Crippen molar-refractivity contribution in [1.82, 2.24) is 10.2 Å². The van der Waals surface area contributed by atoms with Crippen LogP contribution in [-0.2, 0) is 6.54 Å². The Labute approximate surface area is 123 Å². The first-order valence-corrected chi connectivity index (χ1v) is 8.20. The molecule has 1 saturated heterocycles. The molecule has 2 heteroatoms. The Morgan fingerprint density at radius 3 is 2.50 bits per heavy atom. The summed E-state index contributed by atoms with van der Waals surface area (Å²) < 4.78 is 0. The lowest BCUT2D eigenvalue weighted by Gasteiger charge is -2.52. The SMILES string of the molecule is CCC1(C)CN(Cc2ccccc2)C2(CCCC2)CN1. The Hall–Kier alpha value is -0.860. The monoisotopic (exact) mass is 272 g/mol. The number of piperazine rings is 1. The third-order valence-corrected chi connectivity index (χ3v) is 5.59. The molecule has 1 unspecified atom stereocenters. The molecule has 0 aromatic heterocycles. The van der Waals surface area contributed by atoms with Gasteiger partial charge in [0.25, 0.3) is 0 Å². The quantitative estimate of drug-likeness (QED) is 0.905. The molecule has 1 aliphatic carbocycles. The van der Waals surface area contributed by atoms with Crippen LogP contribution >= 0.6 is 0 Å². The number of rotatable bonds is 3. The average molecular weight is 272 g/mol. The molecule has 0 radical (unpaired) electrons. The lowest BCUT2D eigenvalue weighted by atomic mass is 9.84. The molecule has 1 saturated carbocycles. The molecule has 2 fully saturated rings. The minimum absolute atomic E-state index is 0.280. The van der Waals surface area contributed by atoms with Gasteiger partial charge in [-0.1, -0.05) is 50.1 Å². The van der Waals surface area contributed by atoms with Gasteiger partial charge < -0.3 is 5.32 Å². The fraction of sp³-hybridized carbons (Fsp3) is 0.667. The smallest absolute Gasteiger partial charge is 0.0338 e. The largest absolute Gasteiger partial charge is 0.308 e. The highest BCUT2D eigenvalue weighted by Gasteiger charge is 2.46. The van der Waals surface area contributed by atoms with Crippen molar-refractivity contribution in [2.24, 2.45) is 0 Å². The standard InChI is InChI=1S/C18H28N2/c1-3-17(2)15-20(13-16-9-5-4-6-10-16)18(14-19-17)11-7-8-12-18/h4-6,9-10,19H,3,7-8,11-15H2,1-2H3. The number of hydrogen-bond acceptors (Lipinski definition) is 2. The van der Waals surface area contributed by atoms with E-state index in [1.807, 2.05) is 0 Å². The molecule has 1 aromatic rings. The Bertz CT molecular complexity index is 436. The molecule has 1 spiro atoms. The predicted octanol–water partition coefficient (Wildman–Crippen LogP) is 3.57. The van der Waals surface area contributed by atoms with Crippen molar-refractivity contribution in [3.8, 4) is 0 Å². The maximum Gasteiger partial charge on any atom is 0.0338 e. The highest BCUT2D eigenvalue weighted by molar-refractivity contribution is 5.16. The number of hydrogen-bond donors (Lipinski definition) is 1. The summed E-state index contributed by atoms with van der Waals surface area (Å²) in [4.78, 5) is 2.79. The highest BCUT2D eigenvalue weighted by Crippen LogP contribution is 2.39. The molecule has 3 rings (SSSR count). The van der Waals surface area contributed by atoms with E-state index in [2.05, 4.69) is 54.4 Å². The number of benzene rings is 1. The van der Waals surface area contributed by atoms with Crippen molar-refractivity contribution < 1.29 is 0 Å². The summed E-state index contributed by atoms with van der Waals surface area (Å²) >= 11 is 0. The summed E-state index contributed by atoms with van der Waals surface area (Å²) in [6.45, 7) is 8.15. The molecule has 1 atom stereocenters. The molecule has 20 heavy (non-hydrogen) atoms.